The number of aryl methyl sites for hydroxylation is 1. The van der Waals surface area contributed by atoms with Crippen molar-refractivity contribution in [2.24, 2.45) is 0 Å². The zero-order valence-electron chi connectivity index (χ0n) is 15.7. The predicted molar refractivity (Wildman–Crippen MR) is 105 cm³/mol. The Labute approximate surface area is 161 Å². The smallest absolute Gasteiger partial charge is 0.255 e. The first-order valence-electron chi connectivity index (χ1n) is 9.07. The van der Waals surface area contributed by atoms with E-state index in [1.165, 1.54) is 12.1 Å². The van der Waals surface area contributed by atoms with Crippen molar-refractivity contribution < 1.29 is 9.18 Å². The number of para-hydroxylation sites is 2. The maximum Gasteiger partial charge on any atom is 0.255 e. The number of benzene rings is 2. The van der Waals surface area contributed by atoms with E-state index >= 15 is 0 Å². The molecule has 1 amide bonds. The summed E-state index contributed by atoms with van der Waals surface area (Å²) in [6, 6.07) is 13.8. The van der Waals surface area contributed by atoms with Crippen LogP contribution in [0.3, 0.4) is 0 Å². The Hall–Kier alpha value is -3.48. The highest BCUT2D eigenvalue weighted by atomic mass is 19.1. The fourth-order valence-electron chi connectivity index (χ4n) is 3.31. The van der Waals surface area contributed by atoms with Crippen LogP contribution in [0, 0.1) is 19.7 Å². The lowest BCUT2D eigenvalue weighted by molar-refractivity contribution is 0.0953. The molecule has 7 heteroatoms. The monoisotopic (exact) mass is 377 g/mol. The third-order valence-corrected chi connectivity index (χ3v) is 4.68. The van der Waals surface area contributed by atoms with Crippen molar-refractivity contribution in [1.82, 2.24) is 25.1 Å². The first-order valence-corrected chi connectivity index (χ1v) is 9.07. The average Bonchev–Trinajstić information content (AvgIpc) is 3.22. The Kier molecular flexibility index (Phi) is 4.65. The second-order valence-corrected chi connectivity index (χ2v) is 6.64. The van der Waals surface area contributed by atoms with Crippen molar-refractivity contribution >= 4 is 16.9 Å². The summed E-state index contributed by atoms with van der Waals surface area (Å²) < 4.78 is 14.8. The number of imidazole rings is 1. The molecule has 2 aromatic heterocycles. The van der Waals surface area contributed by atoms with E-state index in [-0.39, 0.29) is 11.7 Å². The number of rotatable bonds is 5. The van der Waals surface area contributed by atoms with Gasteiger partial charge in [-0.15, -0.1) is 0 Å². The van der Waals surface area contributed by atoms with Gasteiger partial charge in [-0.1, -0.05) is 12.1 Å². The topological polar surface area (TPSA) is 75.6 Å². The van der Waals surface area contributed by atoms with Crippen molar-refractivity contribution in [2.75, 3.05) is 6.54 Å². The minimum Gasteiger partial charge on any atom is -0.351 e. The van der Waals surface area contributed by atoms with Crippen LogP contribution >= 0.6 is 0 Å². The number of aromatic amines is 1. The van der Waals surface area contributed by atoms with Gasteiger partial charge in [-0.2, -0.15) is 5.10 Å². The van der Waals surface area contributed by atoms with Crippen LogP contribution in [0.2, 0.25) is 0 Å². The molecule has 0 aliphatic heterocycles. The Morgan fingerprint density at radius 1 is 1.14 bits per heavy atom. The largest absolute Gasteiger partial charge is 0.351 e. The quantitative estimate of drug-likeness (QED) is 0.559. The minimum absolute atomic E-state index is 0.181. The van der Waals surface area contributed by atoms with Gasteiger partial charge in [0.1, 0.15) is 11.6 Å². The van der Waals surface area contributed by atoms with Gasteiger partial charge in [0.2, 0.25) is 0 Å². The number of aromatic nitrogens is 4. The molecule has 2 aromatic carbocycles. The first-order chi connectivity index (χ1) is 13.5. The fraction of sp³-hybridized carbons (Fsp3) is 0.190. The summed E-state index contributed by atoms with van der Waals surface area (Å²) in [5.41, 5.74) is 4.48. The Bertz CT molecular complexity index is 1110. The van der Waals surface area contributed by atoms with E-state index in [1.54, 1.807) is 23.7 Å². The molecule has 0 atom stereocenters. The van der Waals surface area contributed by atoms with Crippen LogP contribution in [-0.4, -0.2) is 32.2 Å². The van der Waals surface area contributed by atoms with Gasteiger partial charge in [0.05, 0.1) is 33.7 Å². The normalized spacial score (nSPS) is 11.1. The van der Waals surface area contributed by atoms with E-state index in [4.69, 9.17) is 0 Å². The van der Waals surface area contributed by atoms with E-state index in [9.17, 15) is 9.18 Å². The minimum atomic E-state index is -0.311. The van der Waals surface area contributed by atoms with Crippen LogP contribution in [-0.2, 0) is 6.42 Å². The number of carbonyl (C=O) groups is 1. The lowest BCUT2D eigenvalue weighted by Gasteiger charge is -2.06. The van der Waals surface area contributed by atoms with Gasteiger partial charge in [0.25, 0.3) is 5.91 Å². The molecule has 2 N–H and O–H groups in total. The molecule has 0 saturated heterocycles. The van der Waals surface area contributed by atoms with Gasteiger partial charge in [0, 0.05) is 13.0 Å². The second-order valence-electron chi connectivity index (χ2n) is 6.64. The lowest BCUT2D eigenvalue weighted by Crippen LogP contribution is -2.27. The van der Waals surface area contributed by atoms with Gasteiger partial charge in [-0.25, -0.2) is 14.1 Å². The van der Waals surface area contributed by atoms with Crippen LogP contribution in [0.5, 0.6) is 0 Å². The number of carbonyl (C=O) groups excluding carboxylic acids is 1. The molecule has 2 heterocycles. The molecular formula is C21H20FN5O. The standard InChI is InChI=1S/C21H20FN5O/c1-13-20(14(2)27(26-13)16-9-7-15(22)8-10-16)21(28)23-12-11-19-24-17-5-3-4-6-18(17)25-19/h3-10H,11-12H2,1-2H3,(H,23,28)(H,24,25). The third-order valence-electron chi connectivity index (χ3n) is 4.68. The molecule has 6 nitrogen and oxygen atoms in total. The summed E-state index contributed by atoms with van der Waals surface area (Å²) in [7, 11) is 0. The zero-order chi connectivity index (χ0) is 19.7. The molecule has 0 bridgehead atoms. The number of halogens is 1. The van der Waals surface area contributed by atoms with Crippen LogP contribution in [0.15, 0.2) is 48.5 Å². The number of H-pyrrole nitrogens is 1. The SMILES string of the molecule is Cc1nn(-c2ccc(F)cc2)c(C)c1C(=O)NCCc1nc2ccccc2[nH]1. The van der Waals surface area contributed by atoms with Crippen molar-refractivity contribution in [3.63, 3.8) is 0 Å². The maximum atomic E-state index is 13.2. The zero-order valence-corrected chi connectivity index (χ0v) is 15.7. The number of hydrogen-bond donors (Lipinski definition) is 2. The van der Waals surface area contributed by atoms with Crippen molar-refractivity contribution in [3.05, 3.63) is 77.1 Å². The lowest BCUT2D eigenvalue weighted by atomic mass is 10.2. The summed E-state index contributed by atoms with van der Waals surface area (Å²) in [6.45, 7) is 4.08. The summed E-state index contributed by atoms with van der Waals surface area (Å²) in [5, 5.41) is 7.38. The summed E-state index contributed by atoms with van der Waals surface area (Å²) in [5.74, 6) is 0.338. The van der Waals surface area contributed by atoms with E-state index < -0.39 is 0 Å². The Morgan fingerprint density at radius 3 is 2.64 bits per heavy atom. The van der Waals surface area contributed by atoms with Crippen LogP contribution in [0.1, 0.15) is 27.6 Å². The number of hydrogen-bond acceptors (Lipinski definition) is 3. The van der Waals surface area contributed by atoms with Gasteiger partial charge in [-0.3, -0.25) is 4.79 Å². The van der Waals surface area contributed by atoms with E-state index in [2.05, 4.69) is 20.4 Å². The molecule has 4 rings (SSSR count). The highest BCUT2D eigenvalue weighted by Crippen LogP contribution is 2.18. The number of amides is 1. The van der Waals surface area contributed by atoms with Crippen molar-refractivity contribution in [3.8, 4) is 5.69 Å². The highest BCUT2D eigenvalue weighted by molar-refractivity contribution is 5.96. The molecule has 0 radical (unpaired) electrons. The van der Waals surface area contributed by atoms with Crippen LogP contribution in [0.25, 0.3) is 16.7 Å². The molecule has 0 aliphatic carbocycles. The molecule has 0 fully saturated rings. The molecule has 0 saturated carbocycles. The van der Waals surface area contributed by atoms with E-state index in [0.29, 0.717) is 35.6 Å². The summed E-state index contributed by atoms with van der Waals surface area (Å²) in [6.07, 6.45) is 0.602. The van der Waals surface area contributed by atoms with Crippen LogP contribution in [0.4, 0.5) is 4.39 Å². The maximum absolute atomic E-state index is 13.2. The molecule has 142 valence electrons. The molecule has 0 aliphatic rings. The number of nitrogens with zero attached hydrogens (tertiary/aromatic N) is 3. The average molecular weight is 377 g/mol. The fourth-order valence-corrected chi connectivity index (χ4v) is 3.31. The first kappa shape index (κ1) is 17.9. The summed E-state index contributed by atoms with van der Waals surface area (Å²) >= 11 is 0. The van der Waals surface area contributed by atoms with Gasteiger partial charge in [-0.05, 0) is 50.2 Å². The van der Waals surface area contributed by atoms with Crippen LogP contribution < -0.4 is 5.32 Å². The van der Waals surface area contributed by atoms with E-state index in [1.807, 2.05) is 31.2 Å². The molecule has 4 aromatic rings. The third kappa shape index (κ3) is 3.38. The van der Waals surface area contributed by atoms with E-state index in [0.717, 1.165) is 16.9 Å². The highest BCUT2D eigenvalue weighted by Gasteiger charge is 2.19. The number of nitrogens with one attached hydrogen (secondary N) is 2. The van der Waals surface area contributed by atoms with Gasteiger partial charge in [0.15, 0.2) is 0 Å². The molecular weight excluding hydrogens is 357 g/mol. The van der Waals surface area contributed by atoms with Crippen molar-refractivity contribution in [2.45, 2.75) is 20.3 Å². The van der Waals surface area contributed by atoms with Crippen molar-refractivity contribution in [1.29, 1.82) is 0 Å². The second kappa shape index (κ2) is 7.26. The summed E-state index contributed by atoms with van der Waals surface area (Å²) in [4.78, 5) is 20.5. The predicted octanol–water partition coefficient (Wildman–Crippen LogP) is 3.48. The Balaban J connectivity index is 1.46. The molecule has 28 heavy (non-hydrogen) atoms. The molecule has 0 spiro atoms. The number of fused-ring (bicyclic) bond motifs is 1. The Morgan fingerprint density at radius 2 is 1.89 bits per heavy atom. The van der Waals surface area contributed by atoms with Gasteiger partial charge >= 0.3 is 0 Å². The van der Waals surface area contributed by atoms with Gasteiger partial charge < -0.3 is 10.3 Å². The molecule has 0 unspecified atom stereocenters.